The van der Waals surface area contributed by atoms with Crippen LogP contribution in [0.25, 0.3) is 11.1 Å². The van der Waals surface area contributed by atoms with Crippen LogP contribution in [-0.2, 0) is 0 Å². The number of aromatic nitrogens is 1. The lowest BCUT2D eigenvalue weighted by Crippen LogP contribution is -2.08. The molecule has 0 amide bonds. The van der Waals surface area contributed by atoms with Crippen LogP contribution in [0.1, 0.15) is 31.0 Å². The molecule has 98 valence electrons. The molecule has 1 aromatic carbocycles. The summed E-state index contributed by atoms with van der Waals surface area (Å²) in [6, 6.07) is 9.99. The summed E-state index contributed by atoms with van der Waals surface area (Å²) < 4.78 is 10.9. The van der Waals surface area contributed by atoms with Gasteiger partial charge in [0.15, 0.2) is 11.5 Å². The molecule has 2 aromatic heterocycles. The number of fused-ring (bicyclic) bond motifs is 1. The van der Waals surface area contributed by atoms with Crippen molar-refractivity contribution in [2.45, 2.75) is 26.3 Å². The Morgan fingerprint density at radius 1 is 1.32 bits per heavy atom. The van der Waals surface area contributed by atoms with Gasteiger partial charge in [0.2, 0.25) is 0 Å². The second-order valence-electron chi connectivity index (χ2n) is 4.54. The van der Waals surface area contributed by atoms with Crippen molar-refractivity contribution in [3.63, 3.8) is 0 Å². The Labute approximate surface area is 111 Å². The zero-order valence-corrected chi connectivity index (χ0v) is 11.0. The molecule has 4 nitrogen and oxygen atoms in total. The van der Waals surface area contributed by atoms with E-state index >= 15 is 0 Å². The van der Waals surface area contributed by atoms with Gasteiger partial charge in [-0.1, -0.05) is 6.92 Å². The number of hydrogen-bond acceptors (Lipinski definition) is 4. The van der Waals surface area contributed by atoms with Gasteiger partial charge in [0.25, 0.3) is 0 Å². The van der Waals surface area contributed by atoms with Crippen molar-refractivity contribution in [3.8, 4) is 0 Å². The minimum absolute atomic E-state index is 0.167. The number of benzene rings is 1. The monoisotopic (exact) mass is 256 g/mol. The fourth-order valence-electron chi connectivity index (χ4n) is 2.20. The van der Waals surface area contributed by atoms with Crippen molar-refractivity contribution in [1.29, 1.82) is 0 Å². The van der Waals surface area contributed by atoms with E-state index in [0.717, 1.165) is 29.0 Å². The molecular formula is C15H16N2O2. The summed E-state index contributed by atoms with van der Waals surface area (Å²) in [6.07, 6.45) is 2.65. The van der Waals surface area contributed by atoms with Crippen LogP contribution in [0, 0.1) is 6.92 Å². The van der Waals surface area contributed by atoms with Crippen LogP contribution >= 0.6 is 0 Å². The van der Waals surface area contributed by atoms with Gasteiger partial charge < -0.3 is 14.2 Å². The van der Waals surface area contributed by atoms with Crippen LogP contribution in [-0.4, -0.2) is 4.98 Å². The first kappa shape index (κ1) is 11.8. The number of anilines is 1. The zero-order valence-electron chi connectivity index (χ0n) is 11.0. The minimum Gasteiger partial charge on any atom is -0.467 e. The second kappa shape index (κ2) is 4.80. The number of furan rings is 1. The van der Waals surface area contributed by atoms with Gasteiger partial charge in [-0.25, -0.2) is 4.98 Å². The number of hydrogen-bond donors (Lipinski definition) is 1. The van der Waals surface area contributed by atoms with Crippen LogP contribution in [0.5, 0.6) is 0 Å². The molecule has 3 rings (SSSR count). The van der Waals surface area contributed by atoms with Crippen molar-refractivity contribution in [3.05, 3.63) is 48.2 Å². The lowest BCUT2D eigenvalue weighted by Gasteiger charge is -2.15. The van der Waals surface area contributed by atoms with Crippen LogP contribution in [0.2, 0.25) is 0 Å². The van der Waals surface area contributed by atoms with E-state index in [4.69, 9.17) is 8.83 Å². The van der Waals surface area contributed by atoms with E-state index in [1.165, 1.54) is 0 Å². The number of nitrogens with zero attached hydrogens (tertiary/aromatic N) is 1. The first-order valence-electron chi connectivity index (χ1n) is 6.43. The molecule has 0 radical (unpaired) electrons. The molecule has 2 heterocycles. The molecule has 3 aromatic rings. The first-order valence-corrected chi connectivity index (χ1v) is 6.43. The third-order valence-electron chi connectivity index (χ3n) is 3.13. The van der Waals surface area contributed by atoms with Crippen molar-refractivity contribution >= 4 is 16.8 Å². The average Bonchev–Trinajstić information content (AvgIpc) is 3.03. The predicted octanol–water partition coefficient (Wildman–Crippen LogP) is 4.29. The Morgan fingerprint density at radius 3 is 2.95 bits per heavy atom. The summed E-state index contributed by atoms with van der Waals surface area (Å²) >= 11 is 0. The highest BCUT2D eigenvalue weighted by molar-refractivity contribution is 5.77. The lowest BCUT2D eigenvalue weighted by atomic mass is 10.1. The summed E-state index contributed by atoms with van der Waals surface area (Å²) in [7, 11) is 0. The SMILES string of the molecule is CCC(Nc1ccc2oc(C)nc2c1)c1ccco1. The maximum absolute atomic E-state index is 5.47. The van der Waals surface area contributed by atoms with Crippen molar-refractivity contribution < 1.29 is 8.83 Å². The number of aryl methyl sites for hydroxylation is 1. The highest BCUT2D eigenvalue weighted by Gasteiger charge is 2.12. The molecule has 0 aliphatic carbocycles. The molecule has 0 aliphatic heterocycles. The van der Waals surface area contributed by atoms with Crippen LogP contribution in [0.4, 0.5) is 5.69 Å². The van der Waals surface area contributed by atoms with Crippen LogP contribution in [0.15, 0.2) is 45.4 Å². The van der Waals surface area contributed by atoms with Gasteiger partial charge in [-0.15, -0.1) is 0 Å². The maximum atomic E-state index is 5.47. The molecule has 0 saturated carbocycles. The van der Waals surface area contributed by atoms with Gasteiger partial charge >= 0.3 is 0 Å². The third kappa shape index (κ3) is 2.34. The molecule has 0 fully saturated rings. The highest BCUT2D eigenvalue weighted by Crippen LogP contribution is 2.25. The summed E-state index contributed by atoms with van der Waals surface area (Å²) in [6.45, 7) is 3.98. The van der Waals surface area contributed by atoms with E-state index < -0.39 is 0 Å². The van der Waals surface area contributed by atoms with E-state index in [0.29, 0.717) is 5.89 Å². The Hall–Kier alpha value is -2.23. The first-order chi connectivity index (χ1) is 9.26. The normalized spacial score (nSPS) is 12.7. The predicted molar refractivity (Wildman–Crippen MR) is 74.1 cm³/mol. The average molecular weight is 256 g/mol. The molecular weight excluding hydrogens is 240 g/mol. The van der Waals surface area contributed by atoms with Gasteiger partial charge in [0.05, 0.1) is 12.3 Å². The topological polar surface area (TPSA) is 51.2 Å². The van der Waals surface area contributed by atoms with Crippen LogP contribution in [0.3, 0.4) is 0 Å². The molecule has 0 spiro atoms. The zero-order chi connectivity index (χ0) is 13.2. The van der Waals surface area contributed by atoms with Gasteiger partial charge in [0.1, 0.15) is 11.3 Å². The summed E-state index contributed by atoms with van der Waals surface area (Å²) in [5, 5.41) is 3.46. The van der Waals surface area contributed by atoms with Crippen LogP contribution < -0.4 is 5.32 Å². The molecule has 19 heavy (non-hydrogen) atoms. The lowest BCUT2D eigenvalue weighted by molar-refractivity contribution is 0.474. The van der Waals surface area contributed by atoms with E-state index in [9.17, 15) is 0 Å². The second-order valence-corrected chi connectivity index (χ2v) is 4.54. The van der Waals surface area contributed by atoms with Crippen molar-refractivity contribution in [2.24, 2.45) is 0 Å². The fourth-order valence-corrected chi connectivity index (χ4v) is 2.20. The Balaban J connectivity index is 1.87. The van der Waals surface area contributed by atoms with E-state index in [2.05, 4.69) is 17.2 Å². The Morgan fingerprint density at radius 2 is 2.21 bits per heavy atom. The maximum Gasteiger partial charge on any atom is 0.192 e. The van der Waals surface area contributed by atoms with Gasteiger partial charge in [-0.05, 0) is 36.8 Å². The molecule has 0 bridgehead atoms. The molecule has 1 unspecified atom stereocenters. The smallest absolute Gasteiger partial charge is 0.192 e. The largest absolute Gasteiger partial charge is 0.467 e. The van der Waals surface area contributed by atoms with Gasteiger partial charge in [0, 0.05) is 12.6 Å². The number of oxazole rings is 1. The van der Waals surface area contributed by atoms with Crippen molar-refractivity contribution in [2.75, 3.05) is 5.32 Å². The molecule has 4 heteroatoms. The Bertz CT molecular complexity index is 671. The number of rotatable bonds is 4. The van der Waals surface area contributed by atoms with E-state index in [1.807, 2.05) is 37.3 Å². The summed E-state index contributed by atoms with van der Waals surface area (Å²) in [5.74, 6) is 1.63. The molecule has 0 aliphatic rings. The molecule has 1 atom stereocenters. The fraction of sp³-hybridized carbons (Fsp3) is 0.267. The quantitative estimate of drug-likeness (QED) is 0.756. The van der Waals surface area contributed by atoms with E-state index in [-0.39, 0.29) is 6.04 Å². The number of nitrogens with one attached hydrogen (secondary N) is 1. The molecule has 0 saturated heterocycles. The summed E-state index contributed by atoms with van der Waals surface area (Å²) in [5.41, 5.74) is 2.70. The van der Waals surface area contributed by atoms with Gasteiger partial charge in [-0.2, -0.15) is 0 Å². The standard InChI is InChI=1S/C15H16N2O2/c1-3-12(14-5-4-8-18-14)17-11-6-7-15-13(9-11)16-10(2)19-15/h4-9,12,17H,3H2,1-2H3. The minimum atomic E-state index is 0.167. The molecule has 1 N–H and O–H groups in total. The Kier molecular flexibility index (Phi) is 2.99. The van der Waals surface area contributed by atoms with Crippen molar-refractivity contribution in [1.82, 2.24) is 4.98 Å². The van der Waals surface area contributed by atoms with E-state index in [1.54, 1.807) is 6.26 Å². The summed E-state index contributed by atoms with van der Waals surface area (Å²) in [4.78, 5) is 4.34. The highest BCUT2D eigenvalue weighted by atomic mass is 16.3. The van der Waals surface area contributed by atoms with Gasteiger partial charge in [-0.3, -0.25) is 0 Å². The third-order valence-corrected chi connectivity index (χ3v) is 3.13.